The number of amides is 2. The van der Waals surface area contributed by atoms with Crippen LogP contribution in [0.4, 0.5) is 0 Å². The maximum Gasteiger partial charge on any atom is 0.227 e. The van der Waals surface area contributed by atoms with Gasteiger partial charge in [0.05, 0.1) is 11.8 Å². The van der Waals surface area contributed by atoms with E-state index in [9.17, 15) is 9.59 Å². The van der Waals surface area contributed by atoms with Gasteiger partial charge in [0, 0.05) is 38.0 Å². The van der Waals surface area contributed by atoms with Gasteiger partial charge >= 0.3 is 0 Å². The third kappa shape index (κ3) is 3.03. The van der Waals surface area contributed by atoms with Crippen molar-refractivity contribution in [1.82, 2.24) is 25.0 Å². The summed E-state index contributed by atoms with van der Waals surface area (Å²) < 4.78 is 0. The molecule has 1 N–H and O–H groups in total. The Morgan fingerprint density at radius 1 is 1.32 bits per heavy atom. The molecule has 1 saturated carbocycles. The van der Waals surface area contributed by atoms with Gasteiger partial charge in [0.2, 0.25) is 11.8 Å². The van der Waals surface area contributed by atoms with Crippen LogP contribution in [-0.4, -0.2) is 63.0 Å². The molecule has 28 heavy (non-hydrogen) atoms. The lowest BCUT2D eigenvalue weighted by atomic mass is 9.72. The number of aryl methyl sites for hydroxylation is 1. The van der Waals surface area contributed by atoms with Crippen molar-refractivity contribution in [3.63, 3.8) is 0 Å². The second-order valence-corrected chi connectivity index (χ2v) is 9.27. The third-order valence-corrected chi connectivity index (χ3v) is 7.26. The van der Waals surface area contributed by atoms with Gasteiger partial charge in [0.1, 0.15) is 5.82 Å². The Balaban J connectivity index is 1.38. The molecular formula is C20H25N5O2S. The van der Waals surface area contributed by atoms with E-state index in [1.54, 1.807) is 11.3 Å². The summed E-state index contributed by atoms with van der Waals surface area (Å²) in [4.78, 5) is 34.2. The summed E-state index contributed by atoms with van der Waals surface area (Å²) in [6.07, 6.45) is 3.28. The molecule has 2 atom stereocenters. The average Bonchev–Trinajstić information content (AvgIpc) is 3.06. The summed E-state index contributed by atoms with van der Waals surface area (Å²) in [5.74, 6) is 2.45. The molecule has 148 valence electrons. The Bertz CT molecular complexity index is 890. The number of likely N-dealkylation sites (tertiary alicyclic amines) is 2. The number of carbonyl (C=O) groups excluding carboxylic acids is 2. The van der Waals surface area contributed by atoms with Gasteiger partial charge in [-0.3, -0.25) is 14.7 Å². The molecule has 8 heteroatoms. The van der Waals surface area contributed by atoms with E-state index in [-0.39, 0.29) is 29.1 Å². The number of aromatic amines is 1. The molecule has 0 spiro atoms. The van der Waals surface area contributed by atoms with E-state index in [2.05, 4.69) is 15.2 Å². The van der Waals surface area contributed by atoms with E-state index in [0.29, 0.717) is 32.6 Å². The minimum atomic E-state index is -0.242. The predicted octanol–water partition coefficient (Wildman–Crippen LogP) is 1.76. The highest BCUT2D eigenvalue weighted by Gasteiger charge is 2.55. The van der Waals surface area contributed by atoms with Gasteiger partial charge in [-0.05, 0) is 48.6 Å². The van der Waals surface area contributed by atoms with Crippen LogP contribution in [0, 0.1) is 18.8 Å². The van der Waals surface area contributed by atoms with Crippen molar-refractivity contribution in [2.24, 2.45) is 11.8 Å². The van der Waals surface area contributed by atoms with Crippen LogP contribution in [0.25, 0.3) is 0 Å². The number of H-pyrrole nitrogens is 1. The van der Waals surface area contributed by atoms with Crippen molar-refractivity contribution in [2.45, 2.75) is 38.0 Å². The highest BCUT2D eigenvalue weighted by atomic mass is 32.1. The number of hydrogen-bond acceptors (Lipinski definition) is 5. The van der Waals surface area contributed by atoms with E-state index in [4.69, 9.17) is 0 Å². The maximum atomic E-state index is 12.8. The number of fused-ring (bicyclic) bond motifs is 1. The predicted molar refractivity (Wildman–Crippen MR) is 105 cm³/mol. The Hall–Kier alpha value is -2.22. The van der Waals surface area contributed by atoms with Gasteiger partial charge in [0.15, 0.2) is 5.82 Å². The summed E-state index contributed by atoms with van der Waals surface area (Å²) in [5, 5.41) is 11.5. The summed E-state index contributed by atoms with van der Waals surface area (Å²) in [6, 6.07) is 2.01. The Morgan fingerprint density at radius 3 is 2.82 bits per heavy atom. The zero-order valence-corrected chi connectivity index (χ0v) is 16.9. The lowest BCUT2D eigenvalue weighted by Gasteiger charge is -2.41. The van der Waals surface area contributed by atoms with Crippen LogP contribution in [0.15, 0.2) is 16.8 Å². The first kappa shape index (κ1) is 17.8. The number of aromatic nitrogens is 3. The maximum absolute atomic E-state index is 12.8. The Morgan fingerprint density at radius 2 is 2.14 bits per heavy atom. The smallest absolute Gasteiger partial charge is 0.227 e. The minimum absolute atomic E-state index is 0.171. The number of nitrogens with one attached hydrogen (secondary N) is 1. The molecule has 1 aliphatic carbocycles. The van der Waals surface area contributed by atoms with Crippen molar-refractivity contribution in [3.05, 3.63) is 34.0 Å². The zero-order valence-electron chi connectivity index (χ0n) is 16.1. The molecule has 2 amide bonds. The van der Waals surface area contributed by atoms with Crippen LogP contribution in [0.5, 0.6) is 0 Å². The first-order chi connectivity index (χ1) is 13.5. The lowest BCUT2D eigenvalue weighted by molar-refractivity contribution is -0.133. The van der Waals surface area contributed by atoms with Gasteiger partial charge in [-0.25, -0.2) is 4.98 Å². The molecule has 2 aromatic heterocycles. The number of nitrogens with zero attached hydrogens (tertiary/aromatic N) is 4. The fraction of sp³-hybridized carbons (Fsp3) is 0.600. The standard InChI is InChI=1S/C20H25N5O2S/c1-13-21-19(23-22-13)20-5-6-24(17(26)8-14-4-7-28-11-14)9-16(20)10-25(12-20)18(27)15-2-3-15/h4,7,11,15-16H,2-3,5-6,8-10,12H2,1H3,(H,21,22,23)/t16-,20-/m1/s1. The lowest BCUT2D eigenvalue weighted by Crippen LogP contribution is -2.52. The molecule has 2 saturated heterocycles. The average molecular weight is 400 g/mol. The molecule has 0 aromatic carbocycles. The van der Waals surface area contributed by atoms with Gasteiger partial charge in [-0.2, -0.15) is 16.4 Å². The van der Waals surface area contributed by atoms with Crippen molar-refractivity contribution in [3.8, 4) is 0 Å². The fourth-order valence-corrected chi connectivity index (χ4v) is 5.44. The summed E-state index contributed by atoms with van der Waals surface area (Å²) in [5.41, 5.74) is 0.836. The largest absolute Gasteiger partial charge is 0.342 e. The molecule has 0 unspecified atom stereocenters. The summed E-state index contributed by atoms with van der Waals surface area (Å²) in [6.45, 7) is 4.65. The van der Waals surface area contributed by atoms with E-state index >= 15 is 0 Å². The number of piperidine rings is 1. The molecule has 0 radical (unpaired) electrons. The van der Waals surface area contributed by atoms with Gasteiger partial charge in [0.25, 0.3) is 0 Å². The van der Waals surface area contributed by atoms with Crippen molar-refractivity contribution in [1.29, 1.82) is 0 Å². The second-order valence-electron chi connectivity index (χ2n) is 8.49. The summed E-state index contributed by atoms with van der Waals surface area (Å²) >= 11 is 1.62. The van der Waals surface area contributed by atoms with Crippen LogP contribution >= 0.6 is 11.3 Å². The zero-order chi connectivity index (χ0) is 19.3. The van der Waals surface area contributed by atoms with Crippen LogP contribution < -0.4 is 0 Å². The first-order valence-corrected chi connectivity index (χ1v) is 11.0. The van der Waals surface area contributed by atoms with Crippen LogP contribution in [0.2, 0.25) is 0 Å². The van der Waals surface area contributed by atoms with E-state index in [0.717, 1.165) is 36.5 Å². The van der Waals surface area contributed by atoms with Gasteiger partial charge in [-0.15, -0.1) is 0 Å². The number of hydrogen-bond donors (Lipinski definition) is 1. The molecule has 7 nitrogen and oxygen atoms in total. The molecular weight excluding hydrogens is 374 g/mol. The first-order valence-electron chi connectivity index (χ1n) is 10.0. The summed E-state index contributed by atoms with van der Waals surface area (Å²) in [7, 11) is 0. The third-order valence-electron chi connectivity index (χ3n) is 6.53. The highest BCUT2D eigenvalue weighted by Crippen LogP contribution is 2.45. The van der Waals surface area contributed by atoms with E-state index in [1.807, 2.05) is 33.6 Å². The van der Waals surface area contributed by atoms with Crippen LogP contribution in [-0.2, 0) is 21.4 Å². The van der Waals surface area contributed by atoms with E-state index < -0.39 is 0 Å². The number of carbonyl (C=O) groups is 2. The molecule has 4 heterocycles. The molecule has 2 aromatic rings. The monoisotopic (exact) mass is 399 g/mol. The van der Waals surface area contributed by atoms with Crippen LogP contribution in [0.3, 0.4) is 0 Å². The molecule has 2 aliphatic heterocycles. The Labute approximate surface area is 168 Å². The highest BCUT2D eigenvalue weighted by molar-refractivity contribution is 7.08. The number of thiophene rings is 1. The second kappa shape index (κ2) is 6.69. The van der Waals surface area contributed by atoms with Crippen molar-refractivity contribution >= 4 is 23.2 Å². The quantitative estimate of drug-likeness (QED) is 0.849. The fourth-order valence-electron chi connectivity index (χ4n) is 4.78. The van der Waals surface area contributed by atoms with E-state index in [1.165, 1.54) is 0 Å². The van der Waals surface area contributed by atoms with Gasteiger partial charge < -0.3 is 9.80 Å². The number of rotatable bonds is 4. The molecule has 3 fully saturated rings. The molecule has 5 rings (SSSR count). The van der Waals surface area contributed by atoms with Gasteiger partial charge in [-0.1, -0.05) is 0 Å². The topological polar surface area (TPSA) is 82.2 Å². The van der Waals surface area contributed by atoms with Crippen molar-refractivity contribution < 1.29 is 9.59 Å². The molecule has 0 bridgehead atoms. The minimum Gasteiger partial charge on any atom is -0.342 e. The normalized spacial score (nSPS) is 27.1. The van der Waals surface area contributed by atoms with Crippen molar-refractivity contribution in [2.75, 3.05) is 26.2 Å². The SMILES string of the molecule is Cc1nc([C@@]23CCN(C(=O)Cc4ccsc4)C[C@@H]2CN(C(=O)C2CC2)C3)n[nH]1. The Kier molecular flexibility index (Phi) is 4.26. The molecule has 3 aliphatic rings. The van der Waals surface area contributed by atoms with Crippen LogP contribution in [0.1, 0.15) is 36.5 Å².